The maximum absolute atomic E-state index is 12.2. The van der Waals surface area contributed by atoms with Crippen LogP contribution in [0.5, 0.6) is 0 Å². The van der Waals surface area contributed by atoms with Crippen molar-refractivity contribution in [2.45, 2.75) is 20.4 Å². The molecule has 2 heterocycles. The van der Waals surface area contributed by atoms with Crippen molar-refractivity contribution >= 4 is 23.4 Å². The first-order chi connectivity index (χ1) is 11.5. The van der Waals surface area contributed by atoms with Gasteiger partial charge in [0.25, 0.3) is 0 Å². The third-order valence-electron chi connectivity index (χ3n) is 4.08. The van der Waals surface area contributed by atoms with E-state index in [2.05, 4.69) is 22.7 Å². The summed E-state index contributed by atoms with van der Waals surface area (Å²) in [6.07, 6.45) is 1.74. The van der Waals surface area contributed by atoms with Crippen LogP contribution in [0.15, 0.2) is 30.5 Å². The van der Waals surface area contributed by atoms with Gasteiger partial charge in [0, 0.05) is 22.5 Å². The molecule has 24 heavy (non-hydrogen) atoms. The Kier molecular flexibility index (Phi) is 4.78. The largest absolute Gasteiger partial charge is 0.380 e. The number of urea groups is 1. The van der Waals surface area contributed by atoms with Gasteiger partial charge in [0.05, 0.1) is 26.0 Å². The summed E-state index contributed by atoms with van der Waals surface area (Å²) in [7, 11) is 0. The summed E-state index contributed by atoms with van der Waals surface area (Å²) in [5, 5.41) is 10.8. The Labute approximate surface area is 146 Å². The number of ether oxygens (including phenoxy) is 1. The molecule has 2 aromatic rings. The van der Waals surface area contributed by atoms with Crippen molar-refractivity contribution in [1.82, 2.24) is 15.1 Å². The number of aryl methyl sites for hydroxylation is 1. The van der Waals surface area contributed by atoms with Crippen LogP contribution in [-0.4, -0.2) is 35.6 Å². The van der Waals surface area contributed by atoms with E-state index in [1.807, 2.05) is 31.2 Å². The number of nitrogens with zero attached hydrogens (tertiary/aromatic N) is 2. The molecule has 6 nitrogen and oxygen atoms in total. The predicted octanol–water partition coefficient (Wildman–Crippen LogP) is 3.05. The lowest BCUT2D eigenvalue weighted by Gasteiger charge is -2.37. The first-order valence-corrected chi connectivity index (χ1v) is 8.22. The molecule has 0 radical (unpaired) electrons. The van der Waals surface area contributed by atoms with Crippen LogP contribution >= 0.6 is 11.6 Å². The summed E-state index contributed by atoms with van der Waals surface area (Å²) in [5.74, 6) is 0.692. The van der Waals surface area contributed by atoms with Crippen molar-refractivity contribution < 1.29 is 9.53 Å². The molecule has 1 aromatic heterocycles. The van der Waals surface area contributed by atoms with Crippen LogP contribution in [0.4, 0.5) is 10.6 Å². The molecule has 2 N–H and O–H groups in total. The van der Waals surface area contributed by atoms with Gasteiger partial charge in [-0.2, -0.15) is 5.10 Å². The Morgan fingerprint density at radius 2 is 2.08 bits per heavy atom. The molecule has 0 spiro atoms. The fraction of sp³-hybridized carbons (Fsp3) is 0.412. The lowest BCUT2D eigenvalue weighted by Crippen LogP contribution is -2.49. The fourth-order valence-electron chi connectivity index (χ4n) is 2.52. The van der Waals surface area contributed by atoms with Gasteiger partial charge in [0.1, 0.15) is 5.82 Å². The molecule has 0 saturated carbocycles. The highest BCUT2D eigenvalue weighted by atomic mass is 35.5. The van der Waals surface area contributed by atoms with Crippen LogP contribution in [-0.2, 0) is 11.3 Å². The second kappa shape index (κ2) is 6.83. The second-order valence-electron chi connectivity index (χ2n) is 6.57. The first kappa shape index (κ1) is 16.8. The normalized spacial score (nSPS) is 15.6. The van der Waals surface area contributed by atoms with Gasteiger partial charge in [-0.15, -0.1) is 0 Å². The van der Waals surface area contributed by atoms with Gasteiger partial charge in [-0.25, -0.2) is 9.48 Å². The molecule has 0 aliphatic carbocycles. The zero-order valence-electron chi connectivity index (χ0n) is 13.8. The van der Waals surface area contributed by atoms with E-state index in [-0.39, 0.29) is 11.4 Å². The summed E-state index contributed by atoms with van der Waals surface area (Å²) in [6, 6.07) is 7.34. The number of hydrogen-bond donors (Lipinski definition) is 2. The maximum Gasteiger partial charge on any atom is 0.320 e. The van der Waals surface area contributed by atoms with E-state index in [0.717, 1.165) is 11.1 Å². The molecular weight excluding hydrogens is 328 g/mol. The number of aromatic nitrogens is 2. The third kappa shape index (κ3) is 3.88. The number of benzene rings is 1. The maximum atomic E-state index is 12.2. The molecule has 128 valence electrons. The Hall–Kier alpha value is -2.05. The van der Waals surface area contributed by atoms with Gasteiger partial charge in [-0.05, 0) is 24.6 Å². The highest BCUT2D eigenvalue weighted by molar-refractivity contribution is 6.30. The first-order valence-electron chi connectivity index (χ1n) is 7.85. The van der Waals surface area contributed by atoms with Crippen molar-refractivity contribution in [1.29, 1.82) is 0 Å². The Morgan fingerprint density at radius 1 is 1.38 bits per heavy atom. The van der Waals surface area contributed by atoms with Crippen molar-refractivity contribution in [3.63, 3.8) is 0 Å². The number of hydrogen-bond acceptors (Lipinski definition) is 3. The lowest BCUT2D eigenvalue weighted by atomic mass is 9.89. The molecule has 1 aromatic carbocycles. The summed E-state index contributed by atoms with van der Waals surface area (Å²) in [6.45, 7) is 6.52. The second-order valence-corrected chi connectivity index (χ2v) is 7.01. The quantitative estimate of drug-likeness (QED) is 0.872. The Balaban J connectivity index is 1.63. The van der Waals surface area contributed by atoms with Gasteiger partial charge in [0.2, 0.25) is 0 Å². The molecule has 3 rings (SSSR count). The fourth-order valence-corrected chi connectivity index (χ4v) is 2.65. The number of carbonyl (C=O) groups is 1. The van der Waals surface area contributed by atoms with Crippen LogP contribution in [0, 0.1) is 12.3 Å². The molecule has 1 saturated heterocycles. The van der Waals surface area contributed by atoms with Crippen molar-refractivity contribution in [3.05, 3.63) is 46.6 Å². The van der Waals surface area contributed by atoms with E-state index in [0.29, 0.717) is 37.1 Å². The van der Waals surface area contributed by atoms with E-state index in [9.17, 15) is 4.79 Å². The summed E-state index contributed by atoms with van der Waals surface area (Å²) in [4.78, 5) is 12.2. The zero-order valence-corrected chi connectivity index (χ0v) is 14.6. The molecule has 7 heteroatoms. The van der Waals surface area contributed by atoms with E-state index in [1.165, 1.54) is 0 Å². The minimum absolute atomic E-state index is 0.0376. The summed E-state index contributed by atoms with van der Waals surface area (Å²) < 4.78 is 6.96. The number of amides is 2. The van der Waals surface area contributed by atoms with Crippen molar-refractivity contribution in [3.8, 4) is 0 Å². The summed E-state index contributed by atoms with van der Waals surface area (Å²) >= 11 is 5.91. The van der Waals surface area contributed by atoms with Crippen LogP contribution in [0.25, 0.3) is 0 Å². The van der Waals surface area contributed by atoms with Crippen LogP contribution < -0.4 is 10.6 Å². The molecule has 1 aliphatic rings. The van der Waals surface area contributed by atoms with E-state index in [4.69, 9.17) is 16.3 Å². The Morgan fingerprint density at radius 3 is 2.71 bits per heavy atom. The van der Waals surface area contributed by atoms with Gasteiger partial charge in [0.15, 0.2) is 0 Å². The van der Waals surface area contributed by atoms with Crippen molar-refractivity contribution in [2.75, 3.05) is 25.1 Å². The highest BCUT2D eigenvalue weighted by Gasteiger charge is 2.33. The van der Waals surface area contributed by atoms with E-state index in [1.54, 1.807) is 10.9 Å². The van der Waals surface area contributed by atoms with Crippen molar-refractivity contribution in [2.24, 2.45) is 5.41 Å². The number of nitrogens with one attached hydrogen (secondary N) is 2. The average molecular weight is 349 g/mol. The number of anilines is 1. The van der Waals surface area contributed by atoms with Gasteiger partial charge in [-0.3, -0.25) is 5.32 Å². The van der Waals surface area contributed by atoms with Gasteiger partial charge in [-0.1, -0.05) is 30.7 Å². The van der Waals surface area contributed by atoms with Gasteiger partial charge >= 0.3 is 6.03 Å². The van der Waals surface area contributed by atoms with Crippen LogP contribution in [0.3, 0.4) is 0 Å². The molecule has 0 bridgehead atoms. The standard InChI is InChI=1S/C17H21ClN4O2/c1-12-7-20-22(8-13-3-5-14(18)6-4-13)15(12)21-16(23)19-9-17(2)10-24-11-17/h3-7H,8-11H2,1-2H3,(H2,19,21,23). The Bertz CT molecular complexity index is 723. The number of carbonyl (C=O) groups excluding carboxylic acids is 1. The summed E-state index contributed by atoms with van der Waals surface area (Å²) in [5.41, 5.74) is 2.01. The SMILES string of the molecule is Cc1cnn(Cc2ccc(Cl)cc2)c1NC(=O)NCC1(C)COC1. The minimum atomic E-state index is -0.232. The van der Waals surface area contributed by atoms with E-state index >= 15 is 0 Å². The highest BCUT2D eigenvalue weighted by Crippen LogP contribution is 2.25. The number of rotatable bonds is 5. The topological polar surface area (TPSA) is 68.2 Å². The van der Waals surface area contributed by atoms with E-state index < -0.39 is 0 Å². The van der Waals surface area contributed by atoms with Crippen LogP contribution in [0.1, 0.15) is 18.1 Å². The molecule has 0 unspecified atom stereocenters. The third-order valence-corrected chi connectivity index (χ3v) is 4.33. The average Bonchev–Trinajstić information content (AvgIpc) is 2.86. The molecule has 1 aliphatic heterocycles. The monoisotopic (exact) mass is 348 g/mol. The predicted molar refractivity (Wildman–Crippen MR) is 93.5 cm³/mol. The lowest BCUT2D eigenvalue weighted by molar-refractivity contribution is -0.0974. The molecule has 2 amide bonds. The zero-order chi connectivity index (χ0) is 17.2. The van der Waals surface area contributed by atoms with Gasteiger partial charge < -0.3 is 10.1 Å². The smallest absolute Gasteiger partial charge is 0.320 e. The minimum Gasteiger partial charge on any atom is -0.380 e. The molecule has 1 fully saturated rings. The van der Waals surface area contributed by atoms with Crippen LogP contribution in [0.2, 0.25) is 5.02 Å². The number of halogens is 1. The molecule has 0 atom stereocenters. The molecular formula is C17H21ClN4O2.